The summed E-state index contributed by atoms with van der Waals surface area (Å²) in [6.45, 7) is 5.45. The molecule has 0 radical (unpaired) electrons. The lowest BCUT2D eigenvalue weighted by Gasteiger charge is -2.34. The minimum absolute atomic E-state index is 0.133. The Morgan fingerprint density at radius 3 is 2.70 bits per heavy atom. The first-order chi connectivity index (χ1) is 9.72. The Morgan fingerprint density at radius 1 is 1.45 bits per heavy atom. The Balaban J connectivity index is 2.45. The predicted molar refractivity (Wildman–Crippen MR) is 75.6 cm³/mol. The molecule has 3 N–H and O–H groups in total. The van der Waals surface area contributed by atoms with Gasteiger partial charge in [-0.1, -0.05) is 0 Å². The van der Waals surface area contributed by atoms with E-state index in [-0.39, 0.29) is 11.5 Å². The molecule has 0 bridgehead atoms. The van der Waals surface area contributed by atoms with Crippen LogP contribution in [0, 0.1) is 11.3 Å². The molecule has 1 fully saturated rings. The fourth-order valence-electron chi connectivity index (χ4n) is 2.00. The van der Waals surface area contributed by atoms with Crippen molar-refractivity contribution >= 4 is 5.91 Å². The highest BCUT2D eigenvalue weighted by molar-refractivity contribution is 5.97. The van der Waals surface area contributed by atoms with E-state index in [1.807, 2.05) is 6.07 Å². The van der Waals surface area contributed by atoms with Gasteiger partial charge in [0.05, 0.1) is 6.61 Å². The molecule has 112 valence electrons. The van der Waals surface area contributed by atoms with Gasteiger partial charge in [-0.05, 0) is 0 Å². The van der Waals surface area contributed by atoms with Crippen molar-refractivity contribution in [1.82, 2.24) is 15.1 Å². The Bertz CT molecular complexity index is 369. The van der Waals surface area contributed by atoms with Crippen molar-refractivity contribution in [2.75, 3.05) is 59.5 Å². The van der Waals surface area contributed by atoms with Gasteiger partial charge in [0.2, 0.25) is 0 Å². The van der Waals surface area contributed by atoms with Crippen molar-refractivity contribution in [3.8, 4) is 6.07 Å². The fourth-order valence-corrected chi connectivity index (χ4v) is 2.00. The number of ether oxygens (including phenoxy) is 1. The molecule has 1 aliphatic heterocycles. The molecular weight excluding hydrogens is 258 g/mol. The summed E-state index contributed by atoms with van der Waals surface area (Å²) >= 11 is 0. The number of amides is 1. The number of nitrogens with two attached hydrogens (primary N) is 1. The minimum Gasteiger partial charge on any atom is -0.387 e. The largest absolute Gasteiger partial charge is 0.387 e. The zero-order valence-corrected chi connectivity index (χ0v) is 12.0. The molecule has 0 unspecified atom stereocenters. The number of carbonyl (C=O) groups is 1. The zero-order valence-electron chi connectivity index (χ0n) is 12.0. The third-order valence-electron chi connectivity index (χ3n) is 3.15. The quantitative estimate of drug-likeness (QED) is 0.343. The molecule has 0 spiro atoms. The summed E-state index contributed by atoms with van der Waals surface area (Å²) in [5.74, 6) is -0.218. The smallest absolute Gasteiger partial charge is 0.266 e. The van der Waals surface area contributed by atoms with E-state index in [4.69, 9.17) is 15.7 Å². The maximum Gasteiger partial charge on any atom is 0.266 e. The van der Waals surface area contributed by atoms with Gasteiger partial charge in [-0.3, -0.25) is 9.69 Å². The Kier molecular flexibility index (Phi) is 7.65. The maximum atomic E-state index is 12.2. The first-order valence-corrected chi connectivity index (χ1v) is 6.77. The van der Waals surface area contributed by atoms with Crippen molar-refractivity contribution in [3.63, 3.8) is 0 Å². The molecule has 1 saturated heterocycles. The number of nitrogens with zero attached hydrogens (tertiary/aromatic N) is 3. The molecule has 0 saturated carbocycles. The predicted octanol–water partition coefficient (Wildman–Crippen LogP) is -1.27. The highest BCUT2D eigenvalue weighted by Gasteiger charge is 2.23. The summed E-state index contributed by atoms with van der Waals surface area (Å²) in [5.41, 5.74) is 5.64. The average molecular weight is 281 g/mol. The summed E-state index contributed by atoms with van der Waals surface area (Å²) in [6, 6.07) is 1.95. The molecule has 0 aromatic rings. The van der Waals surface area contributed by atoms with E-state index in [0.717, 1.165) is 19.6 Å². The molecule has 7 heteroatoms. The van der Waals surface area contributed by atoms with Gasteiger partial charge in [0.25, 0.3) is 5.91 Å². The fraction of sp³-hybridized carbons (Fsp3) is 0.692. The first kappa shape index (κ1) is 16.4. The van der Waals surface area contributed by atoms with Crippen LogP contribution in [0.15, 0.2) is 11.8 Å². The third kappa shape index (κ3) is 5.17. The maximum absolute atomic E-state index is 12.2. The molecule has 0 atom stereocenters. The van der Waals surface area contributed by atoms with E-state index in [9.17, 15) is 4.79 Å². The highest BCUT2D eigenvalue weighted by atomic mass is 16.5. The van der Waals surface area contributed by atoms with Crippen LogP contribution in [-0.4, -0.2) is 75.2 Å². The second-order valence-corrected chi connectivity index (χ2v) is 4.54. The van der Waals surface area contributed by atoms with Crippen LogP contribution in [0.4, 0.5) is 0 Å². The molecule has 1 heterocycles. The Labute approximate surface area is 120 Å². The molecule has 0 aromatic heterocycles. The van der Waals surface area contributed by atoms with Crippen molar-refractivity contribution < 1.29 is 9.53 Å². The van der Waals surface area contributed by atoms with Gasteiger partial charge in [-0.2, -0.15) is 5.26 Å². The molecule has 0 aliphatic carbocycles. The number of nitrogens with one attached hydrogen (secondary N) is 1. The van der Waals surface area contributed by atoms with Gasteiger partial charge in [-0.25, -0.2) is 0 Å². The number of piperazine rings is 1. The summed E-state index contributed by atoms with van der Waals surface area (Å²) < 4.78 is 4.88. The first-order valence-electron chi connectivity index (χ1n) is 6.77. The van der Waals surface area contributed by atoms with E-state index in [0.29, 0.717) is 32.8 Å². The number of carbonyl (C=O) groups excluding carboxylic acids is 1. The number of hydrogen-bond donors (Lipinski definition) is 2. The van der Waals surface area contributed by atoms with Crippen LogP contribution in [0.25, 0.3) is 0 Å². The number of methoxy groups -OCH3 is 1. The highest BCUT2D eigenvalue weighted by Crippen LogP contribution is 2.06. The summed E-state index contributed by atoms with van der Waals surface area (Å²) in [7, 11) is 1.60. The zero-order chi connectivity index (χ0) is 14.8. The van der Waals surface area contributed by atoms with Crippen LogP contribution in [0.2, 0.25) is 0 Å². The van der Waals surface area contributed by atoms with Crippen LogP contribution in [0.5, 0.6) is 0 Å². The normalized spacial score (nSPS) is 16.9. The lowest BCUT2D eigenvalue weighted by molar-refractivity contribution is -0.128. The summed E-state index contributed by atoms with van der Waals surface area (Å²) in [4.78, 5) is 16.1. The second kappa shape index (κ2) is 9.31. The van der Waals surface area contributed by atoms with Gasteiger partial charge in [0.1, 0.15) is 11.6 Å². The van der Waals surface area contributed by atoms with Gasteiger partial charge in [-0.15, -0.1) is 0 Å². The molecule has 7 nitrogen and oxygen atoms in total. The molecule has 1 aliphatic rings. The van der Waals surface area contributed by atoms with E-state index in [2.05, 4.69) is 10.2 Å². The van der Waals surface area contributed by atoms with Crippen molar-refractivity contribution in [2.24, 2.45) is 5.73 Å². The van der Waals surface area contributed by atoms with Crippen LogP contribution >= 0.6 is 0 Å². The van der Waals surface area contributed by atoms with Crippen LogP contribution in [0.3, 0.4) is 0 Å². The van der Waals surface area contributed by atoms with Crippen molar-refractivity contribution in [3.05, 3.63) is 11.8 Å². The van der Waals surface area contributed by atoms with Crippen molar-refractivity contribution in [2.45, 2.75) is 0 Å². The van der Waals surface area contributed by atoms with Gasteiger partial charge < -0.3 is 20.7 Å². The van der Waals surface area contributed by atoms with E-state index < -0.39 is 0 Å². The number of rotatable bonds is 7. The van der Waals surface area contributed by atoms with Gasteiger partial charge in [0.15, 0.2) is 0 Å². The van der Waals surface area contributed by atoms with Crippen molar-refractivity contribution in [1.29, 1.82) is 5.26 Å². The SMILES string of the molecule is COCCN/C=C(/C#N)C(=O)N1CCN(CCN)CC1. The van der Waals surface area contributed by atoms with Gasteiger partial charge in [0, 0.05) is 59.1 Å². The monoisotopic (exact) mass is 281 g/mol. The average Bonchev–Trinajstić information content (AvgIpc) is 2.48. The van der Waals surface area contributed by atoms with Gasteiger partial charge >= 0.3 is 0 Å². The summed E-state index contributed by atoms with van der Waals surface area (Å²) in [5, 5.41) is 12.0. The Hall–Kier alpha value is -1.62. The van der Waals surface area contributed by atoms with E-state index in [1.54, 1.807) is 12.0 Å². The number of nitriles is 1. The summed E-state index contributed by atoms with van der Waals surface area (Å²) in [6.07, 6.45) is 1.47. The van der Waals surface area contributed by atoms with E-state index >= 15 is 0 Å². The Morgan fingerprint density at radius 2 is 2.15 bits per heavy atom. The second-order valence-electron chi connectivity index (χ2n) is 4.54. The molecule has 20 heavy (non-hydrogen) atoms. The van der Waals surface area contributed by atoms with E-state index in [1.165, 1.54) is 6.20 Å². The standard InChI is InChI=1S/C13H23N5O2/c1-20-9-3-16-11-12(10-15)13(19)18-7-5-17(4-2-14)6-8-18/h11,16H,2-9,14H2,1H3/b12-11-. The van der Waals surface area contributed by atoms with Crippen LogP contribution in [0.1, 0.15) is 0 Å². The lowest BCUT2D eigenvalue weighted by atomic mass is 10.2. The molecule has 1 rings (SSSR count). The minimum atomic E-state index is -0.218. The third-order valence-corrected chi connectivity index (χ3v) is 3.15. The topological polar surface area (TPSA) is 94.6 Å². The number of hydrogen-bond acceptors (Lipinski definition) is 6. The van der Waals surface area contributed by atoms with Crippen LogP contribution < -0.4 is 11.1 Å². The molecular formula is C13H23N5O2. The lowest BCUT2D eigenvalue weighted by Crippen LogP contribution is -2.50. The van der Waals surface area contributed by atoms with Crippen LogP contribution in [-0.2, 0) is 9.53 Å². The molecule has 0 aromatic carbocycles. The molecule has 1 amide bonds.